The van der Waals surface area contributed by atoms with E-state index in [4.69, 9.17) is 18.9 Å². The molecule has 0 spiro atoms. The Morgan fingerprint density at radius 1 is 1.15 bits per heavy atom. The van der Waals surface area contributed by atoms with Crippen LogP contribution in [0.1, 0.15) is 19.4 Å². The highest BCUT2D eigenvalue weighted by atomic mass is 16.6. The van der Waals surface area contributed by atoms with Crippen LogP contribution >= 0.6 is 0 Å². The Morgan fingerprint density at radius 2 is 1.85 bits per heavy atom. The van der Waals surface area contributed by atoms with Crippen LogP contribution in [0.25, 0.3) is 6.08 Å². The zero-order valence-electron chi connectivity index (χ0n) is 15.0. The zero-order chi connectivity index (χ0) is 18.5. The number of rotatable bonds is 4. The summed E-state index contributed by atoms with van der Waals surface area (Å²) in [5.74, 6) is 0.559. The number of nitrogens with zero attached hydrogens (tertiary/aromatic N) is 1. The molecule has 2 heterocycles. The molecule has 1 amide bonds. The molecule has 1 fully saturated rings. The Bertz CT molecular complexity index is 691. The summed E-state index contributed by atoms with van der Waals surface area (Å²) in [6, 6.07) is 5.41. The van der Waals surface area contributed by atoms with Crippen molar-refractivity contribution in [2.75, 3.05) is 32.9 Å². The van der Waals surface area contributed by atoms with E-state index in [1.54, 1.807) is 23.1 Å². The standard InChI is InChI=1S/C19H23NO6/c1-13-10-20(11-14(2)26-13)18(21)12-25-19(22)6-4-15-3-5-16-17(9-15)24-8-7-23-16/h3-6,9,13-14H,7-8,10-12H2,1-2H3/b6-4+/t13-,14-/m0/s1. The number of esters is 1. The molecule has 0 saturated carbocycles. The van der Waals surface area contributed by atoms with Crippen molar-refractivity contribution in [3.05, 3.63) is 29.8 Å². The lowest BCUT2D eigenvalue weighted by atomic mass is 10.2. The first-order valence-electron chi connectivity index (χ1n) is 8.69. The molecule has 3 rings (SSSR count). The van der Waals surface area contributed by atoms with Crippen LogP contribution in [-0.2, 0) is 19.1 Å². The number of carbonyl (C=O) groups is 2. The van der Waals surface area contributed by atoms with E-state index in [1.807, 2.05) is 19.9 Å². The summed E-state index contributed by atoms with van der Waals surface area (Å²) in [4.78, 5) is 25.7. The summed E-state index contributed by atoms with van der Waals surface area (Å²) in [7, 11) is 0. The van der Waals surface area contributed by atoms with E-state index in [0.717, 1.165) is 5.56 Å². The minimum atomic E-state index is -0.567. The van der Waals surface area contributed by atoms with E-state index in [1.165, 1.54) is 6.08 Å². The van der Waals surface area contributed by atoms with Gasteiger partial charge in [-0.1, -0.05) is 6.07 Å². The predicted octanol–water partition coefficient (Wildman–Crippen LogP) is 1.65. The molecule has 0 bridgehead atoms. The molecule has 7 nitrogen and oxygen atoms in total. The van der Waals surface area contributed by atoms with E-state index in [0.29, 0.717) is 37.8 Å². The molecule has 0 N–H and O–H groups in total. The normalized spacial score (nSPS) is 22.3. The summed E-state index contributed by atoms with van der Waals surface area (Å²) in [6.07, 6.45) is 2.87. The summed E-state index contributed by atoms with van der Waals surface area (Å²) < 4.78 is 21.6. The van der Waals surface area contributed by atoms with Crippen molar-refractivity contribution in [2.45, 2.75) is 26.1 Å². The number of fused-ring (bicyclic) bond motifs is 1. The zero-order valence-corrected chi connectivity index (χ0v) is 15.0. The number of morpholine rings is 1. The number of amides is 1. The first-order valence-corrected chi connectivity index (χ1v) is 8.69. The van der Waals surface area contributed by atoms with E-state index in [9.17, 15) is 9.59 Å². The highest BCUT2D eigenvalue weighted by Crippen LogP contribution is 2.31. The second kappa shape index (κ2) is 8.23. The lowest BCUT2D eigenvalue weighted by molar-refractivity contribution is -0.154. The molecule has 1 aromatic rings. The molecule has 0 radical (unpaired) electrons. The van der Waals surface area contributed by atoms with Gasteiger partial charge < -0.3 is 23.8 Å². The molecule has 2 aliphatic heterocycles. The van der Waals surface area contributed by atoms with Gasteiger partial charge in [-0.3, -0.25) is 4.79 Å². The molecule has 2 aliphatic rings. The molecule has 0 aromatic heterocycles. The topological polar surface area (TPSA) is 74.3 Å². The van der Waals surface area contributed by atoms with Crippen LogP contribution in [-0.4, -0.2) is 61.9 Å². The second-order valence-corrected chi connectivity index (χ2v) is 6.40. The van der Waals surface area contributed by atoms with Gasteiger partial charge in [0, 0.05) is 19.2 Å². The summed E-state index contributed by atoms with van der Waals surface area (Å²) in [5, 5.41) is 0. The number of benzene rings is 1. The first kappa shape index (κ1) is 18.3. The van der Waals surface area contributed by atoms with Gasteiger partial charge in [-0.2, -0.15) is 0 Å². The molecule has 2 atom stereocenters. The average Bonchev–Trinajstić information content (AvgIpc) is 2.63. The lowest BCUT2D eigenvalue weighted by Gasteiger charge is -2.35. The Morgan fingerprint density at radius 3 is 2.58 bits per heavy atom. The average molecular weight is 361 g/mol. The molecule has 1 saturated heterocycles. The predicted molar refractivity (Wildman–Crippen MR) is 94.0 cm³/mol. The number of ether oxygens (including phenoxy) is 4. The smallest absolute Gasteiger partial charge is 0.331 e. The van der Waals surface area contributed by atoms with Crippen molar-refractivity contribution in [1.82, 2.24) is 4.90 Å². The lowest BCUT2D eigenvalue weighted by Crippen LogP contribution is -2.49. The van der Waals surface area contributed by atoms with Gasteiger partial charge in [0.1, 0.15) is 13.2 Å². The minimum absolute atomic E-state index is 0.0199. The fourth-order valence-electron chi connectivity index (χ4n) is 2.98. The molecule has 0 unspecified atom stereocenters. The third kappa shape index (κ3) is 4.76. The van der Waals surface area contributed by atoms with Crippen molar-refractivity contribution in [3.63, 3.8) is 0 Å². The van der Waals surface area contributed by atoms with E-state index in [-0.39, 0.29) is 24.7 Å². The van der Waals surface area contributed by atoms with Crippen molar-refractivity contribution >= 4 is 18.0 Å². The van der Waals surface area contributed by atoms with Crippen molar-refractivity contribution in [2.24, 2.45) is 0 Å². The van der Waals surface area contributed by atoms with E-state index >= 15 is 0 Å². The van der Waals surface area contributed by atoms with Gasteiger partial charge >= 0.3 is 5.97 Å². The van der Waals surface area contributed by atoms with Crippen LogP contribution in [0.4, 0.5) is 0 Å². The van der Waals surface area contributed by atoms with Crippen molar-refractivity contribution < 1.29 is 28.5 Å². The quantitative estimate of drug-likeness (QED) is 0.600. The highest BCUT2D eigenvalue weighted by Gasteiger charge is 2.26. The molecule has 26 heavy (non-hydrogen) atoms. The summed E-state index contributed by atoms with van der Waals surface area (Å²) in [5.41, 5.74) is 0.786. The molecule has 7 heteroatoms. The van der Waals surface area contributed by atoms with Gasteiger partial charge in [-0.15, -0.1) is 0 Å². The monoisotopic (exact) mass is 361 g/mol. The number of hydrogen-bond donors (Lipinski definition) is 0. The number of carbonyl (C=O) groups excluding carboxylic acids is 2. The minimum Gasteiger partial charge on any atom is -0.486 e. The SMILES string of the molecule is C[C@H]1CN(C(=O)COC(=O)/C=C/c2ccc3c(c2)OCCO3)C[C@H](C)O1. The summed E-state index contributed by atoms with van der Waals surface area (Å²) in [6.45, 7) is 5.60. The maximum absolute atomic E-state index is 12.2. The molecule has 1 aromatic carbocycles. The first-order chi connectivity index (χ1) is 12.5. The van der Waals surface area contributed by atoms with Crippen molar-refractivity contribution in [1.29, 1.82) is 0 Å². The summed E-state index contributed by atoms with van der Waals surface area (Å²) >= 11 is 0. The van der Waals surface area contributed by atoms with Crippen LogP contribution in [0.5, 0.6) is 11.5 Å². The Kier molecular flexibility index (Phi) is 5.78. The van der Waals surface area contributed by atoms with Gasteiger partial charge in [-0.05, 0) is 37.6 Å². The largest absolute Gasteiger partial charge is 0.486 e. The number of hydrogen-bond acceptors (Lipinski definition) is 6. The van der Waals surface area contributed by atoms with E-state index in [2.05, 4.69) is 0 Å². The van der Waals surface area contributed by atoms with Gasteiger partial charge in [-0.25, -0.2) is 4.79 Å². The fourth-order valence-corrected chi connectivity index (χ4v) is 2.98. The molecule has 0 aliphatic carbocycles. The fraction of sp³-hybridized carbons (Fsp3) is 0.474. The van der Waals surface area contributed by atoms with Crippen LogP contribution in [0.2, 0.25) is 0 Å². The Hall–Kier alpha value is -2.54. The molecular weight excluding hydrogens is 338 g/mol. The van der Waals surface area contributed by atoms with Crippen LogP contribution < -0.4 is 9.47 Å². The maximum atomic E-state index is 12.2. The van der Waals surface area contributed by atoms with Crippen LogP contribution in [0, 0.1) is 0 Å². The third-order valence-corrected chi connectivity index (χ3v) is 4.09. The van der Waals surface area contributed by atoms with Gasteiger partial charge in [0.15, 0.2) is 18.1 Å². The van der Waals surface area contributed by atoms with Gasteiger partial charge in [0.25, 0.3) is 5.91 Å². The molecule has 140 valence electrons. The second-order valence-electron chi connectivity index (χ2n) is 6.40. The van der Waals surface area contributed by atoms with Crippen LogP contribution in [0.15, 0.2) is 24.3 Å². The molecular formula is C19H23NO6. The van der Waals surface area contributed by atoms with Gasteiger partial charge in [0.05, 0.1) is 12.2 Å². The van der Waals surface area contributed by atoms with Gasteiger partial charge in [0.2, 0.25) is 0 Å². The van der Waals surface area contributed by atoms with Crippen LogP contribution in [0.3, 0.4) is 0 Å². The van der Waals surface area contributed by atoms with E-state index < -0.39 is 5.97 Å². The Labute approximate surface area is 152 Å². The third-order valence-electron chi connectivity index (χ3n) is 4.09. The highest BCUT2D eigenvalue weighted by molar-refractivity contribution is 5.89. The Balaban J connectivity index is 1.49. The van der Waals surface area contributed by atoms with Crippen molar-refractivity contribution in [3.8, 4) is 11.5 Å². The maximum Gasteiger partial charge on any atom is 0.331 e.